The SMILES string of the molecule is CCCC(C(=O)NCCC(C)c1ccccc1)C(N)=NO. The number of carbonyl (C=O) groups is 1. The molecule has 0 radical (unpaired) electrons. The van der Waals surface area contributed by atoms with Gasteiger partial charge in [0.1, 0.15) is 0 Å². The fourth-order valence-corrected chi connectivity index (χ4v) is 2.25. The number of nitrogens with two attached hydrogens (primary N) is 1. The minimum absolute atomic E-state index is 0.0227. The first-order valence-electron chi connectivity index (χ1n) is 7.40. The average Bonchev–Trinajstić information content (AvgIpc) is 2.52. The number of benzene rings is 1. The van der Waals surface area contributed by atoms with Crippen molar-refractivity contribution in [2.24, 2.45) is 16.8 Å². The fourth-order valence-electron chi connectivity index (χ4n) is 2.25. The van der Waals surface area contributed by atoms with Crippen LogP contribution in [0.2, 0.25) is 0 Å². The Morgan fingerprint density at radius 3 is 2.57 bits per heavy atom. The van der Waals surface area contributed by atoms with Gasteiger partial charge in [0.05, 0.1) is 5.92 Å². The molecule has 0 saturated carbocycles. The lowest BCUT2D eigenvalue weighted by atomic mass is 9.97. The Labute approximate surface area is 126 Å². The summed E-state index contributed by atoms with van der Waals surface area (Å²) in [4.78, 5) is 12.1. The number of oxime groups is 1. The number of nitrogens with zero attached hydrogens (tertiary/aromatic N) is 1. The van der Waals surface area contributed by atoms with Crippen molar-refractivity contribution in [2.75, 3.05) is 6.54 Å². The zero-order chi connectivity index (χ0) is 15.7. The number of carbonyl (C=O) groups excluding carboxylic acids is 1. The van der Waals surface area contributed by atoms with Crippen molar-refractivity contribution in [3.8, 4) is 0 Å². The lowest BCUT2D eigenvalue weighted by molar-refractivity contribution is -0.123. The molecule has 2 atom stereocenters. The van der Waals surface area contributed by atoms with E-state index in [9.17, 15) is 4.79 Å². The second kappa shape index (κ2) is 9.00. The smallest absolute Gasteiger partial charge is 0.230 e. The minimum atomic E-state index is -0.549. The zero-order valence-electron chi connectivity index (χ0n) is 12.7. The Hall–Kier alpha value is -2.04. The van der Waals surface area contributed by atoms with Gasteiger partial charge in [-0.2, -0.15) is 0 Å². The maximum absolute atomic E-state index is 12.1. The van der Waals surface area contributed by atoms with Crippen LogP contribution in [0.15, 0.2) is 35.5 Å². The van der Waals surface area contributed by atoms with Crippen LogP contribution in [0, 0.1) is 5.92 Å². The molecule has 116 valence electrons. The van der Waals surface area contributed by atoms with E-state index in [-0.39, 0.29) is 11.7 Å². The van der Waals surface area contributed by atoms with Crippen LogP contribution in [0.5, 0.6) is 0 Å². The van der Waals surface area contributed by atoms with E-state index in [1.165, 1.54) is 5.56 Å². The Balaban J connectivity index is 2.45. The molecule has 0 aromatic heterocycles. The van der Waals surface area contributed by atoms with E-state index in [1.807, 2.05) is 25.1 Å². The topological polar surface area (TPSA) is 87.7 Å². The van der Waals surface area contributed by atoms with Crippen LogP contribution in [-0.2, 0) is 4.79 Å². The highest BCUT2D eigenvalue weighted by Gasteiger charge is 2.21. The van der Waals surface area contributed by atoms with Gasteiger partial charge < -0.3 is 16.3 Å². The summed E-state index contributed by atoms with van der Waals surface area (Å²) in [6.45, 7) is 4.67. The third kappa shape index (κ3) is 5.45. The number of rotatable bonds is 8. The van der Waals surface area contributed by atoms with Gasteiger partial charge in [-0.15, -0.1) is 0 Å². The molecule has 0 aliphatic carbocycles. The van der Waals surface area contributed by atoms with Crippen molar-refractivity contribution in [3.05, 3.63) is 35.9 Å². The van der Waals surface area contributed by atoms with E-state index >= 15 is 0 Å². The summed E-state index contributed by atoms with van der Waals surface area (Å²) in [6, 6.07) is 10.2. The summed E-state index contributed by atoms with van der Waals surface area (Å²) in [5.74, 6) is -0.370. The number of amidine groups is 1. The molecule has 1 aromatic rings. The van der Waals surface area contributed by atoms with Crippen LogP contribution >= 0.6 is 0 Å². The van der Waals surface area contributed by atoms with Crippen molar-refractivity contribution in [1.29, 1.82) is 0 Å². The second-order valence-corrected chi connectivity index (χ2v) is 5.26. The first-order chi connectivity index (χ1) is 10.1. The van der Waals surface area contributed by atoms with Crippen molar-refractivity contribution >= 4 is 11.7 Å². The molecule has 0 fully saturated rings. The average molecular weight is 291 g/mol. The monoisotopic (exact) mass is 291 g/mol. The van der Waals surface area contributed by atoms with Crippen molar-refractivity contribution in [3.63, 3.8) is 0 Å². The van der Waals surface area contributed by atoms with Gasteiger partial charge in [-0.05, 0) is 24.3 Å². The molecule has 5 nitrogen and oxygen atoms in total. The van der Waals surface area contributed by atoms with Gasteiger partial charge >= 0.3 is 0 Å². The van der Waals surface area contributed by atoms with Crippen molar-refractivity contribution in [1.82, 2.24) is 5.32 Å². The van der Waals surface area contributed by atoms with E-state index in [1.54, 1.807) is 0 Å². The summed E-state index contributed by atoms with van der Waals surface area (Å²) in [7, 11) is 0. The highest BCUT2D eigenvalue weighted by atomic mass is 16.4. The minimum Gasteiger partial charge on any atom is -0.409 e. The van der Waals surface area contributed by atoms with Crippen molar-refractivity contribution < 1.29 is 10.0 Å². The number of hydrogen-bond donors (Lipinski definition) is 3. The maximum Gasteiger partial charge on any atom is 0.230 e. The molecule has 1 amide bonds. The van der Waals surface area contributed by atoms with Gasteiger partial charge in [-0.3, -0.25) is 4.79 Å². The largest absolute Gasteiger partial charge is 0.409 e. The predicted molar refractivity (Wildman–Crippen MR) is 84.3 cm³/mol. The number of nitrogens with one attached hydrogen (secondary N) is 1. The van der Waals surface area contributed by atoms with Crippen LogP contribution in [-0.4, -0.2) is 23.5 Å². The van der Waals surface area contributed by atoms with Crippen molar-refractivity contribution in [2.45, 2.75) is 39.0 Å². The maximum atomic E-state index is 12.1. The van der Waals surface area contributed by atoms with Crippen LogP contribution in [0.25, 0.3) is 0 Å². The fraction of sp³-hybridized carbons (Fsp3) is 0.500. The quantitative estimate of drug-likeness (QED) is 0.297. The molecule has 1 aromatic carbocycles. The number of hydrogen-bond acceptors (Lipinski definition) is 3. The molecule has 0 heterocycles. The Bertz CT molecular complexity index is 460. The van der Waals surface area contributed by atoms with Gasteiger partial charge in [0, 0.05) is 6.54 Å². The lowest BCUT2D eigenvalue weighted by Gasteiger charge is -2.16. The van der Waals surface area contributed by atoms with Crippen LogP contribution in [0.1, 0.15) is 44.6 Å². The second-order valence-electron chi connectivity index (χ2n) is 5.26. The lowest BCUT2D eigenvalue weighted by Crippen LogP contribution is -2.39. The summed E-state index contributed by atoms with van der Waals surface area (Å²) < 4.78 is 0. The highest BCUT2D eigenvalue weighted by Crippen LogP contribution is 2.17. The summed E-state index contributed by atoms with van der Waals surface area (Å²) >= 11 is 0. The van der Waals surface area contributed by atoms with E-state index < -0.39 is 5.92 Å². The van der Waals surface area contributed by atoms with Crippen LogP contribution in [0.3, 0.4) is 0 Å². The van der Waals surface area contributed by atoms with E-state index in [0.717, 1.165) is 12.8 Å². The third-order valence-corrected chi connectivity index (χ3v) is 3.61. The molecular weight excluding hydrogens is 266 g/mol. The normalized spacial score (nSPS) is 14.5. The van der Waals surface area contributed by atoms with Gasteiger partial charge in [0.2, 0.25) is 5.91 Å². The molecule has 0 saturated heterocycles. The third-order valence-electron chi connectivity index (χ3n) is 3.61. The molecule has 0 aliphatic rings. The summed E-state index contributed by atoms with van der Waals surface area (Å²) in [5, 5.41) is 14.6. The highest BCUT2D eigenvalue weighted by molar-refractivity contribution is 6.02. The first kappa shape index (κ1) is 17.0. The first-order valence-corrected chi connectivity index (χ1v) is 7.40. The molecule has 0 bridgehead atoms. The zero-order valence-corrected chi connectivity index (χ0v) is 12.7. The van der Waals surface area contributed by atoms with E-state index in [4.69, 9.17) is 10.9 Å². The van der Waals surface area contributed by atoms with Gasteiger partial charge in [0.15, 0.2) is 5.84 Å². The Kier molecular flexibility index (Phi) is 7.29. The molecule has 0 spiro atoms. The van der Waals surface area contributed by atoms with Gasteiger partial charge in [-0.1, -0.05) is 55.8 Å². The summed E-state index contributed by atoms with van der Waals surface area (Å²) in [5.41, 5.74) is 6.82. The Morgan fingerprint density at radius 2 is 2.00 bits per heavy atom. The summed E-state index contributed by atoms with van der Waals surface area (Å²) in [6.07, 6.45) is 2.23. The molecule has 2 unspecified atom stereocenters. The van der Waals surface area contributed by atoms with Crippen LogP contribution < -0.4 is 11.1 Å². The standard InChI is InChI=1S/C16H25N3O2/c1-3-7-14(15(17)19-21)16(20)18-11-10-12(2)13-8-5-4-6-9-13/h4-6,8-9,12,14,21H,3,7,10-11H2,1-2H3,(H2,17,19)(H,18,20). The van der Waals surface area contributed by atoms with E-state index in [0.29, 0.717) is 18.9 Å². The molecular formula is C16H25N3O2. The molecule has 5 heteroatoms. The molecule has 21 heavy (non-hydrogen) atoms. The molecule has 0 aliphatic heterocycles. The van der Waals surface area contributed by atoms with Gasteiger partial charge in [0.25, 0.3) is 0 Å². The van der Waals surface area contributed by atoms with E-state index in [2.05, 4.69) is 29.5 Å². The molecule has 1 rings (SSSR count). The Morgan fingerprint density at radius 1 is 1.33 bits per heavy atom. The molecule has 4 N–H and O–H groups in total. The van der Waals surface area contributed by atoms with Crippen LogP contribution in [0.4, 0.5) is 0 Å². The predicted octanol–water partition coefficient (Wildman–Crippen LogP) is 2.46. The number of amides is 1. The van der Waals surface area contributed by atoms with Gasteiger partial charge in [-0.25, -0.2) is 0 Å².